The molecule has 1 rings (SSSR count). The zero-order valence-corrected chi connectivity index (χ0v) is 11.5. The minimum absolute atomic E-state index is 0.240. The lowest BCUT2D eigenvalue weighted by Gasteiger charge is -2.16. The fourth-order valence-electron chi connectivity index (χ4n) is 1.60. The highest BCUT2D eigenvalue weighted by Gasteiger charge is 2.27. The summed E-state index contributed by atoms with van der Waals surface area (Å²) < 4.78 is 35.9. The Labute approximate surface area is 119 Å². The Morgan fingerprint density at radius 3 is 2.52 bits per heavy atom. The second-order valence-electron chi connectivity index (χ2n) is 4.47. The predicted octanol–water partition coefficient (Wildman–Crippen LogP) is 2.57. The van der Waals surface area contributed by atoms with Crippen LogP contribution in [0.15, 0.2) is 24.3 Å². The molecule has 1 atom stereocenters. The van der Waals surface area contributed by atoms with E-state index in [-0.39, 0.29) is 5.91 Å². The van der Waals surface area contributed by atoms with Crippen LogP contribution in [0.25, 0.3) is 0 Å². The van der Waals surface area contributed by atoms with E-state index in [1.165, 1.54) is 6.92 Å². The van der Waals surface area contributed by atoms with Crippen molar-refractivity contribution in [2.45, 2.75) is 26.1 Å². The van der Waals surface area contributed by atoms with Gasteiger partial charge in [0.2, 0.25) is 5.91 Å². The van der Waals surface area contributed by atoms with Crippen LogP contribution in [0.2, 0.25) is 0 Å². The van der Waals surface area contributed by atoms with Crippen molar-refractivity contribution < 1.29 is 22.8 Å². The summed E-state index contributed by atoms with van der Waals surface area (Å²) in [5.41, 5.74) is 1.20. The van der Waals surface area contributed by atoms with Crippen LogP contribution in [-0.2, 0) is 4.79 Å². The van der Waals surface area contributed by atoms with Crippen LogP contribution in [-0.4, -0.2) is 24.7 Å². The minimum atomic E-state index is -4.45. The monoisotopic (exact) mass is 303 g/mol. The highest BCUT2D eigenvalue weighted by atomic mass is 19.4. The second kappa shape index (κ2) is 6.96. The van der Waals surface area contributed by atoms with Crippen molar-refractivity contribution in [2.24, 2.45) is 0 Å². The van der Waals surface area contributed by atoms with Crippen LogP contribution in [0.1, 0.15) is 25.5 Å². The van der Waals surface area contributed by atoms with Crippen LogP contribution in [0, 0.1) is 0 Å². The highest BCUT2D eigenvalue weighted by Crippen LogP contribution is 2.17. The molecule has 0 saturated carbocycles. The molecule has 116 valence electrons. The van der Waals surface area contributed by atoms with Crippen molar-refractivity contribution in [3.05, 3.63) is 29.8 Å². The van der Waals surface area contributed by atoms with E-state index in [4.69, 9.17) is 0 Å². The molecule has 3 N–H and O–H groups in total. The Bertz CT molecular complexity index is 518. The molecule has 0 bridgehead atoms. The number of benzene rings is 1. The number of alkyl halides is 3. The number of carbonyl (C=O) groups excluding carboxylic acids is 2. The molecule has 0 aliphatic heterocycles. The van der Waals surface area contributed by atoms with Gasteiger partial charge >= 0.3 is 12.2 Å². The summed E-state index contributed by atoms with van der Waals surface area (Å²) in [5, 5.41) is 6.69. The van der Waals surface area contributed by atoms with Gasteiger partial charge in [0.1, 0.15) is 6.54 Å². The van der Waals surface area contributed by atoms with Gasteiger partial charge < -0.3 is 16.0 Å². The molecule has 0 aliphatic carbocycles. The van der Waals surface area contributed by atoms with E-state index in [0.29, 0.717) is 11.3 Å². The van der Waals surface area contributed by atoms with Crippen molar-refractivity contribution in [1.82, 2.24) is 10.6 Å². The van der Waals surface area contributed by atoms with Crippen LogP contribution in [0.3, 0.4) is 0 Å². The third-order valence-electron chi connectivity index (χ3n) is 2.50. The van der Waals surface area contributed by atoms with Gasteiger partial charge in [0, 0.05) is 12.6 Å². The summed E-state index contributed by atoms with van der Waals surface area (Å²) in [5.74, 6) is -0.240. The Morgan fingerprint density at radius 2 is 1.95 bits per heavy atom. The van der Waals surface area contributed by atoms with Gasteiger partial charge in [-0.2, -0.15) is 13.2 Å². The van der Waals surface area contributed by atoms with Crippen LogP contribution < -0.4 is 16.0 Å². The van der Waals surface area contributed by atoms with Gasteiger partial charge in [-0.25, -0.2) is 4.79 Å². The molecule has 5 nitrogen and oxygen atoms in total. The molecule has 0 aromatic heterocycles. The third kappa shape index (κ3) is 6.64. The van der Waals surface area contributed by atoms with Crippen molar-refractivity contribution in [2.75, 3.05) is 11.9 Å². The summed E-state index contributed by atoms with van der Waals surface area (Å²) in [6, 6.07) is 5.25. The van der Waals surface area contributed by atoms with Gasteiger partial charge in [0.15, 0.2) is 0 Å². The lowest BCUT2D eigenvalue weighted by Crippen LogP contribution is -2.41. The number of anilines is 1. The Kier molecular flexibility index (Phi) is 5.57. The maximum atomic E-state index is 12.0. The highest BCUT2D eigenvalue weighted by molar-refractivity contribution is 5.88. The molecule has 0 fully saturated rings. The number of hydrogen-bond acceptors (Lipinski definition) is 2. The number of hydrogen-bond donors (Lipinski definition) is 3. The number of carbonyl (C=O) groups is 2. The molecule has 8 heteroatoms. The molecule has 3 amide bonds. The molecule has 0 heterocycles. The first kappa shape index (κ1) is 16.8. The smallest absolute Gasteiger partial charge is 0.332 e. The number of rotatable bonds is 4. The molecular formula is C13H16F3N3O2. The summed E-state index contributed by atoms with van der Waals surface area (Å²) in [6.07, 6.45) is -4.45. The van der Waals surface area contributed by atoms with Crippen molar-refractivity contribution in [3.63, 3.8) is 0 Å². The standard InChI is InChI=1S/C13H16F3N3O2/c1-8(18-12(21)17-7-13(14,15)16)10-4-3-5-11(6-10)19-9(2)20/h3-6,8H,7H2,1-2H3,(H,19,20)(H2,17,18,21)/t8-/m0/s1. The zero-order valence-electron chi connectivity index (χ0n) is 11.5. The molecule has 0 aliphatic rings. The Hall–Kier alpha value is -2.25. The van der Waals surface area contributed by atoms with E-state index in [0.717, 1.165) is 0 Å². The summed E-state index contributed by atoms with van der Waals surface area (Å²) in [4.78, 5) is 22.3. The zero-order chi connectivity index (χ0) is 16.0. The minimum Gasteiger partial charge on any atom is -0.332 e. The molecule has 1 aromatic rings. The summed E-state index contributed by atoms with van der Waals surface area (Å²) in [6.45, 7) is 1.59. The average Bonchev–Trinajstić information content (AvgIpc) is 2.35. The summed E-state index contributed by atoms with van der Waals surface area (Å²) >= 11 is 0. The van der Waals surface area contributed by atoms with Gasteiger partial charge in [-0.3, -0.25) is 4.79 Å². The normalized spacial score (nSPS) is 12.4. The van der Waals surface area contributed by atoms with E-state index in [1.54, 1.807) is 36.5 Å². The van der Waals surface area contributed by atoms with Crippen molar-refractivity contribution >= 4 is 17.6 Å². The van der Waals surface area contributed by atoms with Crippen molar-refractivity contribution in [1.29, 1.82) is 0 Å². The first-order valence-electron chi connectivity index (χ1n) is 6.16. The fourth-order valence-corrected chi connectivity index (χ4v) is 1.60. The Morgan fingerprint density at radius 1 is 1.29 bits per heavy atom. The number of halogens is 3. The maximum Gasteiger partial charge on any atom is 0.405 e. The van der Waals surface area contributed by atoms with Crippen LogP contribution >= 0.6 is 0 Å². The number of amides is 3. The molecule has 1 aromatic carbocycles. The lowest BCUT2D eigenvalue weighted by molar-refractivity contribution is -0.122. The summed E-state index contributed by atoms with van der Waals surface area (Å²) in [7, 11) is 0. The molecule has 21 heavy (non-hydrogen) atoms. The quantitative estimate of drug-likeness (QED) is 0.800. The molecule has 0 radical (unpaired) electrons. The van der Waals surface area contributed by atoms with Gasteiger partial charge in [-0.05, 0) is 24.6 Å². The first-order chi connectivity index (χ1) is 9.67. The number of urea groups is 1. The SMILES string of the molecule is CC(=O)Nc1cccc([C@H](C)NC(=O)NCC(F)(F)F)c1. The van der Waals surface area contributed by atoms with E-state index in [2.05, 4.69) is 10.6 Å². The van der Waals surface area contributed by atoms with Gasteiger partial charge in [0.25, 0.3) is 0 Å². The third-order valence-corrected chi connectivity index (χ3v) is 2.50. The molecular weight excluding hydrogens is 287 g/mol. The van der Waals surface area contributed by atoms with Gasteiger partial charge in [0.05, 0.1) is 6.04 Å². The van der Waals surface area contributed by atoms with Crippen LogP contribution in [0.4, 0.5) is 23.7 Å². The Balaban J connectivity index is 2.60. The fraction of sp³-hybridized carbons (Fsp3) is 0.385. The largest absolute Gasteiger partial charge is 0.405 e. The van der Waals surface area contributed by atoms with E-state index in [9.17, 15) is 22.8 Å². The lowest BCUT2D eigenvalue weighted by atomic mass is 10.1. The number of nitrogens with one attached hydrogen (secondary N) is 3. The second-order valence-corrected chi connectivity index (χ2v) is 4.47. The van der Waals surface area contributed by atoms with Crippen LogP contribution in [0.5, 0.6) is 0 Å². The predicted molar refractivity (Wildman–Crippen MR) is 71.8 cm³/mol. The average molecular weight is 303 g/mol. The molecule has 0 unspecified atom stereocenters. The van der Waals surface area contributed by atoms with Crippen molar-refractivity contribution in [3.8, 4) is 0 Å². The first-order valence-corrected chi connectivity index (χ1v) is 6.16. The van der Waals surface area contributed by atoms with Gasteiger partial charge in [-0.1, -0.05) is 12.1 Å². The van der Waals surface area contributed by atoms with Gasteiger partial charge in [-0.15, -0.1) is 0 Å². The van der Waals surface area contributed by atoms with E-state index >= 15 is 0 Å². The molecule has 0 spiro atoms. The topological polar surface area (TPSA) is 70.2 Å². The maximum absolute atomic E-state index is 12.0. The van der Waals surface area contributed by atoms with E-state index < -0.39 is 24.8 Å². The molecule has 0 saturated heterocycles. The van der Waals surface area contributed by atoms with E-state index in [1.807, 2.05) is 0 Å².